The van der Waals surface area contributed by atoms with Crippen LogP contribution in [0.4, 0.5) is 0 Å². The molecular formula is C38H39IrN3-2. The predicted molar refractivity (Wildman–Crippen MR) is 168 cm³/mol. The summed E-state index contributed by atoms with van der Waals surface area (Å²) in [6.45, 7) is 9.55. The van der Waals surface area contributed by atoms with Crippen LogP contribution in [0, 0.1) is 12.1 Å². The van der Waals surface area contributed by atoms with Gasteiger partial charge in [0, 0.05) is 37.3 Å². The van der Waals surface area contributed by atoms with Crippen molar-refractivity contribution in [3.63, 3.8) is 0 Å². The molecule has 1 aliphatic carbocycles. The molecule has 3 aromatic carbocycles. The molecule has 0 bridgehead atoms. The van der Waals surface area contributed by atoms with Gasteiger partial charge in [-0.1, -0.05) is 108 Å². The van der Waals surface area contributed by atoms with Crippen molar-refractivity contribution in [1.29, 1.82) is 0 Å². The van der Waals surface area contributed by atoms with E-state index in [4.69, 9.17) is 5.10 Å². The first-order valence-corrected chi connectivity index (χ1v) is 15.0. The van der Waals surface area contributed by atoms with E-state index in [1.165, 1.54) is 60.1 Å². The number of hydrogen-bond acceptors (Lipinski definition) is 2. The van der Waals surface area contributed by atoms with E-state index < -0.39 is 0 Å². The van der Waals surface area contributed by atoms with E-state index in [-0.39, 0.29) is 30.9 Å². The van der Waals surface area contributed by atoms with Crippen molar-refractivity contribution in [2.45, 2.75) is 76.5 Å². The van der Waals surface area contributed by atoms with Crippen molar-refractivity contribution in [2.75, 3.05) is 0 Å². The Hall–Kier alpha value is -3.33. The first-order chi connectivity index (χ1) is 19.9. The van der Waals surface area contributed by atoms with Gasteiger partial charge in [-0.05, 0) is 28.4 Å². The molecule has 0 atom stereocenters. The van der Waals surface area contributed by atoms with E-state index >= 15 is 0 Å². The molecule has 217 valence electrons. The Balaban J connectivity index is 0.000000228. The van der Waals surface area contributed by atoms with Gasteiger partial charge >= 0.3 is 0 Å². The fourth-order valence-electron chi connectivity index (χ4n) is 6.49. The molecule has 0 N–H and O–H groups in total. The molecule has 4 heteroatoms. The van der Waals surface area contributed by atoms with Crippen molar-refractivity contribution in [1.82, 2.24) is 14.8 Å². The zero-order valence-electron chi connectivity index (χ0n) is 25.0. The average Bonchev–Trinajstić information content (AvgIpc) is 3.49. The van der Waals surface area contributed by atoms with E-state index in [0.29, 0.717) is 5.92 Å². The Morgan fingerprint density at radius 2 is 1.55 bits per heavy atom. The maximum Gasteiger partial charge on any atom is 0.0575 e. The quantitative estimate of drug-likeness (QED) is 0.173. The molecule has 1 fully saturated rings. The average molecular weight is 730 g/mol. The SMILES string of the molecule is CC1(C)c2cc(C3CCCCC3)c[c-]c2-n2ncc(-c3ccccc3)c2C1(C)C.[Ir].[c-]1ccccc1-c1ccccn1. The second kappa shape index (κ2) is 12.5. The molecule has 0 unspecified atom stereocenters. The van der Waals surface area contributed by atoms with Gasteiger partial charge in [-0.2, -0.15) is 28.9 Å². The van der Waals surface area contributed by atoms with Gasteiger partial charge in [0.25, 0.3) is 0 Å². The van der Waals surface area contributed by atoms with Gasteiger partial charge in [0.05, 0.1) is 11.9 Å². The Morgan fingerprint density at radius 1 is 0.810 bits per heavy atom. The molecule has 3 nitrogen and oxygen atoms in total. The molecule has 1 saturated carbocycles. The first kappa shape index (κ1) is 30.1. The van der Waals surface area contributed by atoms with E-state index in [1.807, 2.05) is 48.7 Å². The van der Waals surface area contributed by atoms with E-state index in [1.54, 1.807) is 6.20 Å². The number of rotatable bonds is 3. The van der Waals surface area contributed by atoms with E-state index in [0.717, 1.165) is 16.9 Å². The predicted octanol–water partition coefficient (Wildman–Crippen LogP) is 9.50. The van der Waals surface area contributed by atoms with Crippen LogP contribution in [0.5, 0.6) is 0 Å². The van der Waals surface area contributed by atoms with Crippen LogP contribution in [0.25, 0.3) is 28.1 Å². The van der Waals surface area contributed by atoms with Gasteiger partial charge in [0.1, 0.15) is 0 Å². The van der Waals surface area contributed by atoms with Gasteiger partial charge in [0.15, 0.2) is 0 Å². The minimum absolute atomic E-state index is 0. The van der Waals surface area contributed by atoms with Crippen molar-refractivity contribution >= 4 is 0 Å². The molecule has 2 aliphatic rings. The maximum absolute atomic E-state index is 4.86. The van der Waals surface area contributed by atoms with E-state index in [9.17, 15) is 0 Å². The van der Waals surface area contributed by atoms with Gasteiger partial charge < -0.3 is 4.98 Å². The van der Waals surface area contributed by atoms with Crippen molar-refractivity contribution in [3.8, 4) is 28.1 Å². The number of hydrogen-bond donors (Lipinski definition) is 0. The number of fused-ring (bicyclic) bond motifs is 3. The Morgan fingerprint density at radius 3 is 2.24 bits per heavy atom. The van der Waals surface area contributed by atoms with Crippen LogP contribution >= 0.6 is 0 Å². The third-order valence-corrected chi connectivity index (χ3v) is 9.56. The minimum Gasteiger partial charge on any atom is -0.305 e. The van der Waals surface area contributed by atoms with Crippen LogP contribution in [-0.2, 0) is 30.9 Å². The summed E-state index contributed by atoms with van der Waals surface area (Å²) in [5.74, 6) is 0.697. The molecule has 3 heterocycles. The molecule has 42 heavy (non-hydrogen) atoms. The summed E-state index contributed by atoms with van der Waals surface area (Å²) in [5, 5.41) is 4.86. The van der Waals surface area contributed by atoms with Crippen LogP contribution in [-0.4, -0.2) is 14.8 Å². The van der Waals surface area contributed by atoms with E-state index in [2.05, 4.69) is 92.0 Å². The summed E-state index contributed by atoms with van der Waals surface area (Å²) < 4.78 is 2.16. The van der Waals surface area contributed by atoms with Crippen LogP contribution in [0.15, 0.2) is 97.3 Å². The van der Waals surface area contributed by atoms with Crippen LogP contribution < -0.4 is 0 Å². The largest absolute Gasteiger partial charge is 0.305 e. The molecule has 2 aromatic heterocycles. The van der Waals surface area contributed by atoms with Crippen LogP contribution in [0.3, 0.4) is 0 Å². The topological polar surface area (TPSA) is 30.7 Å². The molecule has 0 saturated heterocycles. The van der Waals surface area contributed by atoms with Crippen molar-refractivity contribution < 1.29 is 20.1 Å². The Bertz CT molecular complexity index is 1560. The molecular weight excluding hydrogens is 691 g/mol. The monoisotopic (exact) mass is 730 g/mol. The molecule has 1 aliphatic heterocycles. The zero-order chi connectivity index (χ0) is 28.5. The number of nitrogens with zero attached hydrogens (tertiary/aromatic N) is 3. The zero-order valence-corrected chi connectivity index (χ0v) is 27.4. The molecule has 5 aromatic rings. The van der Waals surface area contributed by atoms with Gasteiger partial charge in [-0.25, -0.2) is 0 Å². The second-order valence-corrected chi connectivity index (χ2v) is 12.5. The fraction of sp³-hybridized carbons (Fsp3) is 0.316. The Kier molecular flexibility index (Phi) is 8.97. The summed E-state index contributed by atoms with van der Waals surface area (Å²) in [4.78, 5) is 4.22. The third-order valence-electron chi connectivity index (χ3n) is 9.56. The molecule has 1 radical (unpaired) electrons. The minimum atomic E-state index is -0.0549. The first-order valence-electron chi connectivity index (χ1n) is 15.0. The normalized spacial score (nSPS) is 16.7. The molecule has 0 spiro atoms. The number of pyridine rings is 1. The summed E-state index contributed by atoms with van der Waals surface area (Å²) in [5.41, 5.74) is 9.71. The number of aromatic nitrogens is 3. The standard InChI is InChI=1S/C27H31N2.C11H8N.Ir/c1-26(2)23-17-21(19-11-7-5-8-12-19)15-16-24(23)29-25(27(26,3)4)22(18-28-29)20-13-9-6-10-14-20;1-2-6-10(7-3-1)11-8-4-5-9-12-11;/h6,9-10,13-15,17-19H,5,7-8,11-12H2,1-4H3;1-6,8-9H;/q2*-1;. The maximum atomic E-state index is 4.86. The number of benzene rings is 3. The molecule has 0 amide bonds. The van der Waals surface area contributed by atoms with Crippen molar-refractivity contribution in [2.24, 2.45) is 0 Å². The smallest absolute Gasteiger partial charge is 0.0575 e. The Labute approximate surface area is 264 Å². The summed E-state index contributed by atoms with van der Waals surface area (Å²) >= 11 is 0. The summed E-state index contributed by atoms with van der Waals surface area (Å²) in [6.07, 6.45) is 10.6. The van der Waals surface area contributed by atoms with Crippen LogP contribution in [0.1, 0.15) is 82.5 Å². The summed E-state index contributed by atoms with van der Waals surface area (Å²) in [6, 6.07) is 35.9. The second-order valence-electron chi connectivity index (χ2n) is 12.5. The van der Waals surface area contributed by atoms with Gasteiger partial charge in [0.2, 0.25) is 0 Å². The van der Waals surface area contributed by atoms with Gasteiger partial charge in [-0.3, -0.25) is 4.68 Å². The fourth-order valence-corrected chi connectivity index (χ4v) is 6.49. The summed E-state index contributed by atoms with van der Waals surface area (Å²) in [7, 11) is 0. The van der Waals surface area contributed by atoms with Crippen LogP contribution in [0.2, 0.25) is 0 Å². The van der Waals surface area contributed by atoms with Gasteiger partial charge in [-0.15, -0.1) is 41.5 Å². The van der Waals surface area contributed by atoms with Crippen molar-refractivity contribution in [3.05, 3.63) is 126 Å². The third kappa shape index (κ3) is 5.55. The molecule has 7 rings (SSSR count).